The van der Waals surface area contributed by atoms with Gasteiger partial charge >= 0.3 is 6.16 Å². The zero-order valence-electron chi connectivity index (χ0n) is 23.8. The van der Waals surface area contributed by atoms with Crippen molar-refractivity contribution in [2.45, 2.75) is 126 Å². The molecule has 0 amide bonds. The first-order chi connectivity index (χ1) is 19.0. The number of hydrogen-bond acceptors (Lipinski definition) is 6. The van der Waals surface area contributed by atoms with Crippen molar-refractivity contribution in [3.63, 3.8) is 0 Å². The van der Waals surface area contributed by atoms with E-state index in [9.17, 15) is 9.90 Å². The summed E-state index contributed by atoms with van der Waals surface area (Å²) in [5.41, 5.74) is 1.93. The van der Waals surface area contributed by atoms with Gasteiger partial charge in [0.25, 0.3) is 0 Å². The third-order valence-electron chi connectivity index (χ3n) is 10.4. The van der Waals surface area contributed by atoms with Crippen LogP contribution in [0.3, 0.4) is 0 Å². The highest BCUT2D eigenvalue weighted by Gasteiger charge is 2.72. The van der Waals surface area contributed by atoms with Gasteiger partial charge in [-0.2, -0.15) is 0 Å². The van der Waals surface area contributed by atoms with Gasteiger partial charge in [-0.15, -0.1) is 0 Å². The van der Waals surface area contributed by atoms with E-state index in [1.165, 1.54) is 63.4 Å². The molecule has 2 heterocycles. The Bertz CT molecular complexity index is 1080. The predicted octanol–water partition coefficient (Wildman–Crippen LogP) is 6.85. The van der Waals surface area contributed by atoms with Crippen LogP contribution in [0.15, 0.2) is 24.3 Å². The van der Waals surface area contributed by atoms with E-state index in [1.807, 2.05) is 6.07 Å². The van der Waals surface area contributed by atoms with Crippen molar-refractivity contribution < 1.29 is 24.1 Å². The van der Waals surface area contributed by atoms with E-state index in [-0.39, 0.29) is 12.1 Å². The highest BCUT2D eigenvalue weighted by molar-refractivity contribution is 5.70. The number of nitrogens with zero attached hydrogens (tertiary/aromatic N) is 1. The molecule has 1 spiro atoms. The van der Waals surface area contributed by atoms with Crippen LogP contribution in [0.4, 0.5) is 4.79 Å². The molecule has 6 rings (SSSR count). The molecule has 3 aliphatic carbocycles. The second-order valence-electron chi connectivity index (χ2n) is 12.9. The minimum absolute atomic E-state index is 0.0950. The lowest BCUT2D eigenvalue weighted by atomic mass is 9.48. The van der Waals surface area contributed by atoms with Gasteiger partial charge in [-0.25, -0.2) is 4.79 Å². The maximum atomic E-state index is 12.6. The average molecular weight is 538 g/mol. The van der Waals surface area contributed by atoms with Crippen LogP contribution < -0.4 is 9.47 Å². The fraction of sp³-hybridized carbons (Fsp3) is 0.727. The number of carbonyl (C=O) groups excluding carboxylic acids is 1. The molecule has 2 aliphatic heterocycles. The molecule has 2 saturated carbocycles. The van der Waals surface area contributed by atoms with Gasteiger partial charge in [-0.3, -0.25) is 4.90 Å². The Morgan fingerprint density at radius 1 is 1.10 bits per heavy atom. The van der Waals surface area contributed by atoms with E-state index in [2.05, 4.69) is 24.5 Å². The number of hydrogen-bond donors (Lipinski definition) is 1. The maximum Gasteiger partial charge on any atom is 0.513 e. The number of carbonyl (C=O) groups is 1. The van der Waals surface area contributed by atoms with Crippen LogP contribution in [-0.4, -0.2) is 53.6 Å². The Morgan fingerprint density at radius 2 is 1.85 bits per heavy atom. The number of benzene rings is 1. The Kier molecular flexibility index (Phi) is 7.71. The van der Waals surface area contributed by atoms with Crippen molar-refractivity contribution >= 4 is 6.16 Å². The lowest BCUT2D eigenvalue weighted by Crippen LogP contribution is -2.75. The molecule has 2 bridgehead atoms. The van der Waals surface area contributed by atoms with E-state index in [0.29, 0.717) is 24.5 Å². The molecular formula is C33H47NO5. The Labute approximate surface area is 234 Å². The van der Waals surface area contributed by atoms with Gasteiger partial charge in [0.2, 0.25) is 0 Å². The van der Waals surface area contributed by atoms with E-state index < -0.39 is 17.2 Å². The molecular weight excluding hydrogens is 490 g/mol. The smallest absolute Gasteiger partial charge is 0.481 e. The quantitative estimate of drug-likeness (QED) is 0.128. The largest absolute Gasteiger partial charge is 0.513 e. The van der Waals surface area contributed by atoms with Gasteiger partial charge in [0.05, 0.1) is 17.6 Å². The topological polar surface area (TPSA) is 68.2 Å². The van der Waals surface area contributed by atoms with Gasteiger partial charge in [-0.05, 0) is 74.6 Å². The molecule has 5 aliphatic rings. The van der Waals surface area contributed by atoms with E-state index in [4.69, 9.17) is 14.2 Å². The van der Waals surface area contributed by atoms with Gasteiger partial charge in [-0.1, -0.05) is 70.9 Å². The molecule has 1 saturated heterocycles. The minimum atomic E-state index is -0.862. The van der Waals surface area contributed by atoms with Crippen LogP contribution in [0.1, 0.15) is 108 Å². The van der Waals surface area contributed by atoms with Crippen molar-refractivity contribution in [2.24, 2.45) is 5.92 Å². The molecule has 1 N–H and O–H groups in total. The SMILES string of the molecule is C=C1CCC2(O)C3Cc4ccc(OC(=O)OCCCCCCCCCCC)c5c4C2(CCN3CC2CC2)C1O5. The molecule has 6 heteroatoms. The summed E-state index contributed by atoms with van der Waals surface area (Å²) in [5, 5.41) is 12.5. The second-order valence-corrected chi connectivity index (χ2v) is 12.9. The highest BCUT2D eigenvalue weighted by atomic mass is 16.7. The zero-order valence-corrected chi connectivity index (χ0v) is 23.8. The summed E-state index contributed by atoms with van der Waals surface area (Å²) in [6.07, 6.45) is 15.7. The van der Waals surface area contributed by atoms with Crippen LogP contribution in [0.25, 0.3) is 0 Å². The van der Waals surface area contributed by atoms with Crippen molar-refractivity contribution in [3.8, 4) is 11.5 Å². The van der Waals surface area contributed by atoms with E-state index in [1.54, 1.807) is 0 Å². The van der Waals surface area contributed by atoms with Crippen molar-refractivity contribution in [3.05, 3.63) is 35.4 Å². The van der Waals surface area contributed by atoms with Crippen LogP contribution in [0.5, 0.6) is 11.5 Å². The summed E-state index contributed by atoms with van der Waals surface area (Å²) in [5.74, 6) is 1.81. The molecule has 1 aromatic rings. The van der Waals surface area contributed by atoms with Crippen LogP contribution in [-0.2, 0) is 16.6 Å². The Morgan fingerprint density at radius 3 is 2.59 bits per heavy atom. The van der Waals surface area contributed by atoms with Gasteiger partial charge in [0, 0.05) is 18.2 Å². The first kappa shape index (κ1) is 27.1. The van der Waals surface area contributed by atoms with Crippen LogP contribution in [0, 0.1) is 5.92 Å². The molecule has 4 atom stereocenters. The number of aliphatic hydroxyl groups is 1. The molecule has 3 fully saturated rings. The van der Waals surface area contributed by atoms with Crippen molar-refractivity contribution in [1.82, 2.24) is 4.90 Å². The third kappa shape index (κ3) is 4.80. The molecule has 214 valence electrons. The van der Waals surface area contributed by atoms with Crippen molar-refractivity contribution in [1.29, 1.82) is 0 Å². The minimum Gasteiger partial charge on any atom is -0.481 e. The summed E-state index contributed by atoms with van der Waals surface area (Å²) in [4.78, 5) is 15.2. The summed E-state index contributed by atoms with van der Waals surface area (Å²) in [6, 6.07) is 4.04. The van der Waals surface area contributed by atoms with Crippen LogP contribution >= 0.6 is 0 Å². The third-order valence-corrected chi connectivity index (χ3v) is 10.4. The normalized spacial score (nSPS) is 30.6. The second kappa shape index (κ2) is 11.1. The van der Waals surface area contributed by atoms with E-state index in [0.717, 1.165) is 62.2 Å². The average Bonchev–Trinajstić information content (AvgIpc) is 3.66. The molecule has 39 heavy (non-hydrogen) atoms. The van der Waals surface area contributed by atoms with Gasteiger partial charge < -0.3 is 19.3 Å². The molecule has 0 radical (unpaired) electrons. The summed E-state index contributed by atoms with van der Waals surface area (Å²) < 4.78 is 17.8. The number of ether oxygens (including phenoxy) is 3. The lowest BCUT2D eigenvalue weighted by Gasteiger charge is -2.63. The molecule has 4 unspecified atom stereocenters. The summed E-state index contributed by atoms with van der Waals surface area (Å²) >= 11 is 0. The predicted molar refractivity (Wildman–Crippen MR) is 151 cm³/mol. The van der Waals surface area contributed by atoms with Gasteiger partial charge in [0.1, 0.15) is 6.10 Å². The number of rotatable bonds is 13. The van der Waals surface area contributed by atoms with Crippen LogP contribution in [0.2, 0.25) is 0 Å². The highest BCUT2D eigenvalue weighted by Crippen LogP contribution is 2.66. The lowest BCUT2D eigenvalue weighted by molar-refractivity contribution is -0.174. The zero-order chi connectivity index (χ0) is 27.0. The Hall–Kier alpha value is -2.05. The first-order valence-corrected chi connectivity index (χ1v) is 15.8. The number of unbranched alkanes of at least 4 members (excludes halogenated alkanes) is 8. The monoisotopic (exact) mass is 537 g/mol. The Balaban J connectivity index is 1.11. The fourth-order valence-electron chi connectivity index (χ4n) is 8.15. The molecule has 6 nitrogen and oxygen atoms in total. The summed E-state index contributed by atoms with van der Waals surface area (Å²) in [6.45, 7) is 9.04. The molecule has 0 aromatic heterocycles. The summed E-state index contributed by atoms with van der Waals surface area (Å²) in [7, 11) is 0. The van der Waals surface area contributed by atoms with Crippen molar-refractivity contribution in [2.75, 3.05) is 19.7 Å². The maximum absolute atomic E-state index is 12.6. The standard InChI is InChI=1S/C33H47NO5/c1-3-4-5-6-7-8-9-10-11-20-37-31(35)38-26-15-14-25-21-27-33(36)17-16-23(2)30-32(33,28(25)29(26)39-30)18-19-34(27)22-24-12-13-24/h14-15,24,27,30,36H,2-13,16-22H2,1H3. The molecule has 1 aromatic carbocycles. The van der Waals surface area contributed by atoms with Gasteiger partial charge in [0.15, 0.2) is 11.5 Å². The number of piperidine rings is 1. The fourth-order valence-corrected chi connectivity index (χ4v) is 8.15. The number of likely N-dealkylation sites (tertiary alicyclic amines) is 1. The van der Waals surface area contributed by atoms with E-state index >= 15 is 0 Å². The first-order valence-electron chi connectivity index (χ1n) is 15.8.